The Morgan fingerprint density at radius 1 is 1.43 bits per heavy atom. The third-order valence-corrected chi connectivity index (χ3v) is 3.65. The Hall–Kier alpha value is -2.05. The lowest BCUT2D eigenvalue weighted by molar-refractivity contribution is -0.385. The quantitative estimate of drug-likeness (QED) is 0.475. The van der Waals surface area contributed by atoms with Crippen LogP contribution in [0.1, 0.15) is 31.7 Å². The van der Waals surface area contributed by atoms with Crippen LogP contribution in [0.15, 0.2) is 24.3 Å². The summed E-state index contributed by atoms with van der Waals surface area (Å²) in [6.45, 7) is 1.80. The van der Waals surface area contributed by atoms with Gasteiger partial charge in [-0.05, 0) is 12.5 Å². The van der Waals surface area contributed by atoms with E-state index in [4.69, 9.17) is 4.74 Å². The zero-order valence-corrected chi connectivity index (χ0v) is 11.5. The Balaban J connectivity index is 2.31. The highest BCUT2D eigenvalue weighted by atomic mass is 19.3. The first kappa shape index (κ1) is 15.3. The number of rotatable bonds is 5. The van der Waals surface area contributed by atoms with Crippen molar-refractivity contribution in [2.75, 3.05) is 6.61 Å². The zero-order chi connectivity index (χ0) is 15.7. The molecule has 0 N–H and O–H groups in total. The monoisotopic (exact) mass is 299 g/mol. The maximum Gasteiger partial charge on any atom is 0.306 e. The van der Waals surface area contributed by atoms with E-state index >= 15 is 0 Å². The van der Waals surface area contributed by atoms with E-state index in [1.54, 1.807) is 13.0 Å². The number of hydrogen-bond acceptors (Lipinski definition) is 4. The van der Waals surface area contributed by atoms with Gasteiger partial charge in [0.15, 0.2) is 0 Å². The van der Waals surface area contributed by atoms with Crippen LogP contribution in [0, 0.1) is 10.1 Å². The van der Waals surface area contributed by atoms with E-state index in [1.165, 1.54) is 18.2 Å². The molecule has 0 spiro atoms. The number of esters is 1. The predicted octanol–water partition coefficient (Wildman–Crippen LogP) is 3.21. The largest absolute Gasteiger partial charge is 0.466 e. The summed E-state index contributed by atoms with van der Waals surface area (Å²) >= 11 is 0. The molecule has 1 aliphatic carbocycles. The standard InChI is InChI=1S/C14H15F2NO4/c1-2-21-12(18)7-13(8-14(15,16)9-13)10-4-3-5-11(6-10)17(19)20/h3-6H,2,7-9H2,1H3. The number of halogens is 2. The molecule has 1 aliphatic rings. The fraction of sp³-hybridized carbons (Fsp3) is 0.500. The van der Waals surface area contributed by atoms with Crippen LogP contribution in [-0.4, -0.2) is 23.4 Å². The van der Waals surface area contributed by atoms with Gasteiger partial charge < -0.3 is 4.74 Å². The summed E-state index contributed by atoms with van der Waals surface area (Å²) in [7, 11) is 0. The summed E-state index contributed by atoms with van der Waals surface area (Å²) in [6.07, 6.45) is -1.20. The highest BCUT2D eigenvalue weighted by molar-refractivity contribution is 5.72. The molecule has 21 heavy (non-hydrogen) atoms. The minimum Gasteiger partial charge on any atom is -0.466 e. The van der Waals surface area contributed by atoms with Crippen LogP contribution in [0.5, 0.6) is 0 Å². The molecule has 0 atom stereocenters. The van der Waals surface area contributed by atoms with Crippen molar-refractivity contribution in [3.63, 3.8) is 0 Å². The van der Waals surface area contributed by atoms with Crippen LogP contribution >= 0.6 is 0 Å². The molecule has 5 nitrogen and oxygen atoms in total. The zero-order valence-electron chi connectivity index (χ0n) is 11.5. The molecule has 0 radical (unpaired) electrons. The normalized spacial score (nSPS) is 18.6. The van der Waals surface area contributed by atoms with E-state index in [-0.39, 0.29) is 18.7 Å². The first-order valence-electron chi connectivity index (χ1n) is 6.56. The lowest BCUT2D eigenvalue weighted by Gasteiger charge is -2.47. The van der Waals surface area contributed by atoms with Gasteiger partial charge in [-0.2, -0.15) is 0 Å². The van der Waals surface area contributed by atoms with Crippen molar-refractivity contribution in [3.05, 3.63) is 39.9 Å². The molecule has 0 saturated heterocycles. The number of carbonyl (C=O) groups excluding carboxylic acids is 1. The van der Waals surface area contributed by atoms with Crippen molar-refractivity contribution in [3.8, 4) is 0 Å². The summed E-state index contributed by atoms with van der Waals surface area (Å²) < 4.78 is 31.5. The van der Waals surface area contributed by atoms with Gasteiger partial charge >= 0.3 is 5.97 Å². The van der Waals surface area contributed by atoms with Gasteiger partial charge in [-0.1, -0.05) is 12.1 Å². The Labute approximate surface area is 120 Å². The third kappa shape index (κ3) is 3.17. The van der Waals surface area contributed by atoms with Crippen molar-refractivity contribution in [2.45, 2.75) is 37.5 Å². The molecule has 114 valence electrons. The van der Waals surface area contributed by atoms with Gasteiger partial charge in [-0.15, -0.1) is 0 Å². The van der Waals surface area contributed by atoms with E-state index < -0.39 is 35.1 Å². The summed E-state index contributed by atoms with van der Waals surface area (Å²) in [5, 5.41) is 10.8. The second-order valence-corrected chi connectivity index (χ2v) is 5.28. The first-order chi connectivity index (χ1) is 9.78. The van der Waals surface area contributed by atoms with Crippen molar-refractivity contribution in [1.29, 1.82) is 0 Å². The van der Waals surface area contributed by atoms with Crippen molar-refractivity contribution in [1.82, 2.24) is 0 Å². The van der Waals surface area contributed by atoms with Gasteiger partial charge in [0, 0.05) is 30.4 Å². The number of alkyl halides is 2. The molecule has 0 unspecified atom stereocenters. The smallest absolute Gasteiger partial charge is 0.306 e. The molecular formula is C14H15F2NO4. The minimum atomic E-state index is -2.85. The Morgan fingerprint density at radius 3 is 2.62 bits per heavy atom. The third-order valence-electron chi connectivity index (χ3n) is 3.65. The lowest BCUT2D eigenvalue weighted by atomic mass is 9.60. The summed E-state index contributed by atoms with van der Waals surface area (Å²) in [5.74, 6) is -3.42. The molecule has 2 rings (SSSR count). The predicted molar refractivity (Wildman–Crippen MR) is 70.2 cm³/mol. The highest BCUT2D eigenvalue weighted by Gasteiger charge is 2.58. The second kappa shape index (κ2) is 5.38. The minimum absolute atomic E-state index is 0.167. The average Bonchev–Trinajstić information content (AvgIpc) is 2.36. The topological polar surface area (TPSA) is 69.4 Å². The van der Waals surface area contributed by atoms with Crippen molar-refractivity contribution in [2.24, 2.45) is 0 Å². The Morgan fingerprint density at radius 2 is 2.10 bits per heavy atom. The van der Waals surface area contributed by atoms with Crippen LogP contribution < -0.4 is 0 Å². The summed E-state index contributed by atoms with van der Waals surface area (Å²) in [6, 6.07) is 5.53. The van der Waals surface area contributed by atoms with Gasteiger partial charge in [-0.3, -0.25) is 14.9 Å². The molecule has 1 fully saturated rings. The molecule has 0 aromatic heterocycles. The molecule has 0 heterocycles. The second-order valence-electron chi connectivity index (χ2n) is 5.28. The van der Waals surface area contributed by atoms with E-state index in [1.807, 2.05) is 0 Å². The van der Waals surface area contributed by atoms with Crippen LogP contribution in [-0.2, 0) is 14.9 Å². The van der Waals surface area contributed by atoms with Gasteiger partial charge in [0.1, 0.15) is 0 Å². The van der Waals surface area contributed by atoms with Crippen LogP contribution in [0.25, 0.3) is 0 Å². The number of nitro groups is 1. The number of hydrogen-bond donors (Lipinski definition) is 0. The van der Waals surface area contributed by atoms with E-state index in [0.29, 0.717) is 5.56 Å². The van der Waals surface area contributed by atoms with Gasteiger partial charge in [0.25, 0.3) is 5.69 Å². The summed E-state index contributed by atoms with van der Waals surface area (Å²) in [5.41, 5.74) is -0.872. The van der Waals surface area contributed by atoms with Gasteiger partial charge in [0.05, 0.1) is 18.0 Å². The average molecular weight is 299 g/mol. The number of non-ortho nitro benzene ring substituents is 1. The number of benzene rings is 1. The molecule has 1 saturated carbocycles. The molecule has 1 aromatic rings. The molecule has 0 amide bonds. The number of nitrogens with zero attached hydrogens (tertiary/aromatic N) is 1. The number of nitro benzene ring substituents is 1. The fourth-order valence-electron chi connectivity index (χ4n) is 2.81. The van der Waals surface area contributed by atoms with Crippen molar-refractivity contribution >= 4 is 11.7 Å². The molecule has 0 aliphatic heterocycles. The van der Waals surface area contributed by atoms with Crippen LogP contribution in [0.4, 0.5) is 14.5 Å². The van der Waals surface area contributed by atoms with E-state index in [9.17, 15) is 23.7 Å². The Bertz CT molecular complexity index is 566. The molecule has 0 bridgehead atoms. The number of ether oxygens (including phenoxy) is 1. The Kier molecular flexibility index (Phi) is 3.93. The van der Waals surface area contributed by atoms with Gasteiger partial charge in [-0.25, -0.2) is 8.78 Å². The maximum absolute atomic E-state index is 13.3. The van der Waals surface area contributed by atoms with Crippen LogP contribution in [0.2, 0.25) is 0 Å². The van der Waals surface area contributed by atoms with E-state index in [0.717, 1.165) is 0 Å². The van der Waals surface area contributed by atoms with Crippen molar-refractivity contribution < 1.29 is 23.2 Å². The molecule has 1 aromatic carbocycles. The molecular weight excluding hydrogens is 284 g/mol. The number of carbonyl (C=O) groups is 1. The summed E-state index contributed by atoms with van der Waals surface area (Å²) in [4.78, 5) is 21.9. The lowest BCUT2D eigenvalue weighted by Crippen LogP contribution is -2.50. The maximum atomic E-state index is 13.3. The van der Waals surface area contributed by atoms with Crippen LogP contribution in [0.3, 0.4) is 0 Å². The molecule has 7 heteroatoms. The SMILES string of the molecule is CCOC(=O)CC1(c2cccc([N+](=O)[O-])c2)CC(F)(F)C1. The van der Waals surface area contributed by atoms with Gasteiger partial charge in [0.2, 0.25) is 5.92 Å². The first-order valence-corrected chi connectivity index (χ1v) is 6.56. The fourth-order valence-corrected chi connectivity index (χ4v) is 2.81. The highest BCUT2D eigenvalue weighted by Crippen LogP contribution is 2.55. The van der Waals surface area contributed by atoms with E-state index in [2.05, 4.69) is 0 Å².